The highest BCUT2D eigenvalue weighted by atomic mass is 35.5. The van der Waals surface area contributed by atoms with E-state index in [1.54, 1.807) is 82.7 Å². The van der Waals surface area contributed by atoms with Crippen LogP contribution in [0.4, 0.5) is 28.7 Å². The number of para-hydroxylation sites is 6. The van der Waals surface area contributed by atoms with Crippen LogP contribution in [-0.4, -0.2) is 164 Å². The molecule has 33 nitrogen and oxygen atoms in total. The summed E-state index contributed by atoms with van der Waals surface area (Å²) in [5, 5.41) is 40.6. The van der Waals surface area contributed by atoms with Crippen molar-refractivity contribution in [1.29, 1.82) is 0 Å². The molecular formula is C82H77Cl3N22O11. The first-order valence-electron chi connectivity index (χ1n) is 37.8. The lowest BCUT2D eigenvalue weighted by atomic mass is 10.1. The van der Waals surface area contributed by atoms with Crippen molar-refractivity contribution in [2.45, 2.75) is 75.5 Å². The molecule has 0 atom stereocenters. The quantitative estimate of drug-likeness (QED) is 0.0292. The van der Waals surface area contributed by atoms with Crippen LogP contribution >= 0.6 is 34.8 Å². The maximum atomic E-state index is 13.0. The van der Waals surface area contributed by atoms with Gasteiger partial charge in [-0.15, -0.1) is 0 Å². The van der Waals surface area contributed by atoms with Crippen molar-refractivity contribution in [2.75, 3.05) is 63.5 Å². The zero-order chi connectivity index (χ0) is 81.9. The van der Waals surface area contributed by atoms with Crippen LogP contribution in [0.2, 0.25) is 15.7 Å². The minimum atomic E-state index is -0.624. The molecule has 8 aromatic heterocycles. The van der Waals surface area contributed by atoms with Crippen molar-refractivity contribution in [3.8, 4) is 56.9 Å². The molecular weight excluding hydrogens is 1580 g/mol. The van der Waals surface area contributed by atoms with Gasteiger partial charge in [-0.3, -0.25) is 44.0 Å². The van der Waals surface area contributed by atoms with Gasteiger partial charge in [-0.2, -0.15) is 19.9 Å². The van der Waals surface area contributed by atoms with Gasteiger partial charge in [0, 0.05) is 99.3 Å². The number of halogens is 3. The van der Waals surface area contributed by atoms with Crippen LogP contribution in [0.3, 0.4) is 0 Å². The lowest BCUT2D eigenvalue weighted by Crippen LogP contribution is -2.29. The molecule has 0 spiro atoms. The van der Waals surface area contributed by atoms with E-state index in [-0.39, 0.29) is 85.3 Å². The van der Waals surface area contributed by atoms with Crippen molar-refractivity contribution in [3.63, 3.8) is 0 Å². The Morgan fingerprint density at radius 3 is 1.28 bits per heavy atom. The van der Waals surface area contributed by atoms with E-state index in [0.29, 0.717) is 91.1 Å². The molecule has 0 unspecified atom stereocenters. The van der Waals surface area contributed by atoms with Crippen molar-refractivity contribution in [2.24, 2.45) is 5.73 Å². The molecule has 118 heavy (non-hydrogen) atoms. The monoisotopic (exact) mass is 1650 g/mol. The first kappa shape index (κ1) is 81.6. The van der Waals surface area contributed by atoms with Crippen LogP contribution in [0.1, 0.15) is 57.4 Å². The number of hydrogen-bond donors (Lipinski definition) is 5. The Morgan fingerprint density at radius 2 is 0.814 bits per heavy atom. The molecule has 15 aromatic rings. The summed E-state index contributed by atoms with van der Waals surface area (Å²) in [4.78, 5) is 99.5. The summed E-state index contributed by atoms with van der Waals surface area (Å²) in [6.07, 6.45) is 11.7. The standard InChI is InChI=1S/C23H20N6O2.C22H20N6O3.C15H15ClN4O3.C10H5Cl2N3O2.C7H6N2.C5H11NO/c30-23-26-20-19(15-6-2-1-3-7-15)25-22(28-14-24-17-8-4-5-9-18(17)28)27-21(20)29(23)16-10-12-31-13-11-16;29-28(30)20-19(15-6-2-1-3-7-15)25-22(26-21(20)24-16-10-12-31-13-11-16)27-14-23-17-8-4-5-9-18(17)27;16-15-18-12(10-4-2-1-3-5-10)13(20(21)22)14(19-15)17-11-6-8-23-9-7-11;11-9-8(15(16)17)7(13-10(12)14-9)6-4-2-1-3-5-6;1-2-4-7-6(3-1)8-5-9-7;6-5-1-3-7-4-2-5/h1-9,14,16H,10-13H2,(H,26,30);1-9,14,16H,10-13H2,(H,24,25,26);1-5,11H,6-9H2,(H,17,18,19);1-5H;1-5H,(H,8,9);5H,1-4,6H2. The van der Waals surface area contributed by atoms with Crippen LogP contribution in [0.15, 0.2) is 218 Å². The zero-order valence-corrected chi connectivity index (χ0v) is 65.4. The maximum absolute atomic E-state index is 13.0. The number of hydrogen-bond acceptors (Lipinski definition) is 25. The molecule has 0 radical (unpaired) electrons. The van der Waals surface area contributed by atoms with Crippen molar-refractivity contribution >= 4 is 108 Å². The first-order valence-corrected chi connectivity index (χ1v) is 39.0. The average Bonchev–Trinajstić information content (AvgIpc) is 1.59. The van der Waals surface area contributed by atoms with Crippen LogP contribution in [0.5, 0.6) is 0 Å². The minimum Gasteiger partial charge on any atom is -0.381 e. The van der Waals surface area contributed by atoms with Gasteiger partial charge < -0.3 is 45.3 Å². The molecule has 4 aliphatic rings. The van der Waals surface area contributed by atoms with Gasteiger partial charge in [0.2, 0.25) is 39.3 Å². The fourth-order valence-corrected chi connectivity index (χ4v) is 14.2. The highest BCUT2D eigenvalue weighted by Crippen LogP contribution is 2.39. The van der Waals surface area contributed by atoms with E-state index in [2.05, 4.69) is 65.5 Å². The lowest BCUT2D eigenvalue weighted by molar-refractivity contribution is -0.384. The number of benzene rings is 7. The number of fused-ring (bicyclic) bond motifs is 4. The predicted octanol–water partition coefficient (Wildman–Crippen LogP) is 15.8. The number of nitrogens with zero attached hydrogens (tertiary/aromatic N) is 17. The Labute approximate surface area is 687 Å². The largest absolute Gasteiger partial charge is 0.381 e. The maximum Gasteiger partial charge on any atom is 0.337 e. The van der Waals surface area contributed by atoms with Gasteiger partial charge in [-0.05, 0) is 111 Å². The second-order valence-corrected chi connectivity index (χ2v) is 28.2. The molecule has 7 aromatic carbocycles. The predicted molar refractivity (Wildman–Crippen MR) is 448 cm³/mol. The second kappa shape index (κ2) is 39.1. The summed E-state index contributed by atoms with van der Waals surface area (Å²) in [6, 6.07) is 60.6. The molecule has 0 amide bonds. The Bertz CT molecular complexity index is 5980. The number of aromatic amines is 2. The molecule has 19 rings (SSSR count). The van der Waals surface area contributed by atoms with Crippen LogP contribution in [-0.2, 0) is 18.9 Å². The number of imidazole rings is 4. The number of aromatic nitrogens is 16. The topological polar surface area (TPSA) is 422 Å². The zero-order valence-electron chi connectivity index (χ0n) is 63.1. The average molecular weight is 1650 g/mol. The molecule has 602 valence electrons. The second-order valence-electron chi connectivity index (χ2n) is 27.2. The highest BCUT2D eigenvalue weighted by molar-refractivity contribution is 6.34. The van der Waals surface area contributed by atoms with Gasteiger partial charge >= 0.3 is 22.8 Å². The van der Waals surface area contributed by atoms with Crippen molar-refractivity contribution < 1.29 is 33.7 Å². The third-order valence-electron chi connectivity index (χ3n) is 19.4. The van der Waals surface area contributed by atoms with Gasteiger partial charge in [-0.25, -0.2) is 39.7 Å². The molecule has 36 heteroatoms. The summed E-state index contributed by atoms with van der Waals surface area (Å²) in [5.74, 6) is 1.17. The summed E-state index contributed by atoms with van der Waals surface area (Å²) in [6.45, 7) is 5.47. The summed E-state index contributed by atoms with van der Waals surface area (Å²) >= 11 is 17.3. The summed E-state index contributed by atoms with van der Waals surface area (Å²) < 4.78 is 26.7. The van der Waals surface area contributed by atoms with Gasteiger partial charge in [0.25, 0.3) is 0 Å². The molecule has 12 heterocycles. The molecule has 0 aliphatic carbocycles. The van der Waals surface area contributed by atoms with E-state index < -0.39 is 14.8 Å². The van der Waals surface area contributed by atoms with Gasteiger partial charge in [0.05, 0.1) is 54.2 Å². The summed E-state index contributed by atoms with van der Waals surface area (Å²) in [5.41, 5.74) is 15.6. The van der Waals surface area contributed by atoms with Gasteiger partial charge in [0.1, 0.15) is 23.9 Å². The lowest BCUT2D eigenvalue weighted by Gasteiger charge is -2.24. The fraction of sp³-hybridized carbons (Fsp3) is 0.244. The molecule has 4 saturated heterocycles. The fourth-order valence-electron chi connectivity index (χ4n) is 13.6. The summed E-state index contributed by atoms with van der Waals surface area (Å²) in [7, 11) is 0. The number of rotatable bonds is 14. The minimum absolute atomic E-state index is 0.0241. The van der Waals surface area contributed by atoms with Gasteiger partial charge in [0.15, 0.2) is 22.7 Å². The Kier molecular flexibility index (Phi) is 27.0. The number of ether oxygens (including phenoxy) is 4. The van der Waals surface area contributed by atoms with Crippen molar-refractivity contribution in [3.05, 3.63) is 270 Å². The van der Waals surface area contributed by atoms with E-state index in [4.69, 9.17) is 69.5 Å². The SMILES string of the molecule is NC1CCOCC1.O=[N+]([O-])c1c(Cl)nc(Cl)nc1-c1ccccc1.O=[N+]([O-])c1c(NC2CCOCC2)nc(-n2cnc3ccccc32)nc1-c1ccccc1.O=[N+]([O-])c1c(NC2CCOCC2)nc(Cl)nc1-c1ccccc1.O=c1[nH]c2c(-c3ccccc3)nc(-n3cnc4ccccc43)nc2n1C1CCOCC1.c1ccc2[nH]cnc2c1. The molecule has 4 fully saturated rings. The number of nitro groups is 3. The van der Waals surface area contributed by atoms with E-state index in [9.17, 15) is 35.1 Å². The van der Waals surface area contributed by atoms with Crippen LogP contribution < -0.4 is 22.1 Å². The molecule has 0 bridgehead atoms. The first-order chi connectivity index (χ1) is 57.6. The molecule has 4 aliphatic heterocycles. The smallest absolute Gasteiger partial charge is 0.337 e. The van der Waals surface area contributed by atoms with E-state index in [1.165, 1.54) is 0 Å². The van der Waals surface area contributed by atoms with E-state index in [0.717, 1.165) is 103 Å². The normalized spacial score (nSPS) is 14.5. The highest BCUT2D eigenvalue weighted by Gasteiger charge is 2.32. The molecule has 6 N–H and O–H groups in total. The third kappa shape index (κ3) is 19.9. The number of H-pyrrole nitrogens is 2. The number of nitrogens with one attached hydrogen (secondary N) is 4. The van der Waals surface area contributed by atoms with Crippen LogP contribution in [0.25, 0.3) is 101 Å². The van der Waals surface area contributed by atoms with Gasteiger partial charge in [-0.1, -0.05) is 169 Å². The molecule has 0 saturated carbocycles. The van der Waals surface area contributed by atoms with E-state index >= 15 is 0 Å². The van der Waals surface area contributed by atoms with Crippen molar-refractivity contribution in [1.82, 2.24) is 78.5 Å². The number of anilines is 2. The Balaban J connectivity index is 0.000000123. The number of nitrogens with two attached hydrogens (primary N) is 1. The van der Waals surface area contributed by atoms with E-state index in [1.807, 2.05) is 144 Å². The van der Waals surface area contributed by atoms with Crippen LogP contribution in [0, 0.1) is 30.3 Å². The Morgan fingerprint density at radius 1 is 0.424 bits per heavy atom. The Hall–Kier alpha value is -13.0. The third-order valence-corrected chi connectivity index (χ3v) is 20.1.